The third-order valence-electron chi connectivity index (χ3n) is 5.38. The number of carbonyl (C=O) groups is 2. The first-order chi connectivity index (χ1) is 14.0. The molecule has 7 nitrogen and oxygen atoms in total. The standard InChI is InChI=1S/C21H23FN4O3/c1-14-4-6-17(7-5-14)26-12-15(9-19(26)27)20(28)25-8-2-3-18(13-25)29-21-23-10-16(22)11-24-21/h4-7,10-11,15,18H,2-3,8-9,12-13H2,1H3. The Morgan fingerprint density at radius 2 is 1.90 bits per heavy atom. The lowest BCUT2D eigenvalue weighted by atomic mass is 10.0. The van der Waals surface area contributed by atoms with E-state index in [9.17, 15) is 14.0 Å². The molecule has 0 saturated carbocycles. The minimum atomic E-state index is -0.526. The van der Waals surface area contributed by atoms with Gasteiger partial charge in [0.2, 0.25) is 11.8 Å². The van der Waals surface area contributed by atoms with Crippen molar-refractivity contribution in [1.29, 1.82) is 0 Å². The molecule has 2 atom stereocenters. The molecule has 2 aromatic rings. The van der Waals surface area contributed by atoms with E-state index in [-0.39, 0.29) is 36.3 Å². The highest BCUT2D eigenvalue weighted by Crippen LogP contribution is 2.28. The Labute approximate surface area is 168 Å². The zero-order chi connectivity index (χ0) is 20.4. The van der Waals surface area contributed by atoms with E-state index in [1.54, 1.807) is 9.80 Å². The number of hydrogen-bond donors (Lipinski definition) is 0. The van der Waals surface area contributed by atoms with Crippen LogP contribution in [-0.4, -0.2) is 52.4 Å². The molecule has 1 aromatic carbocycles. The fraction of sp³-hybridized carbons (Fsp3) is 0.429. The van der Waals surface area contributed by atoms with E-state index in [0.29, 0.717) is 19.6 Å². The average Bonchev–Trinajstić information content (AvgIpc) is 3.11. The number of likely N-dealkylation sites (tertiary alicyclic amines) is 1. The molecule has 0 radical (unpaired) electrons. The number of hydrogen-bond acceptors (Lipinski definition) is 5. The van der Waals surface area contributed by atoms with Crippen LogP contribution >= 0.6 is 0 Å². The Morgan fingerprint density at radius 3 is 2.62 bits per heavy atom. The predicted molar refractivity (Wildman–Crippen MR) is 104 cm³/mol. The molecule has 0 spiro atoms. The second-order valence-corrected chi connectivity index (χ2v) is 7.59. The summed E-state index contributed by atoms with van der Waals surface area (Å²) >= 11 is 0. The molecule has 2 unspecified atom stereocenters. The molecular weight excluding hydrogens is 375 g/mol. The van der Waals surface area contributed by atoms with Crippen LogP contribution in [0.4, 0.5) is 10.1 Å². The van der Waals surface area contributed by atoms with Gasteiger partial charge in [-0.25, -0.2) is 14.4 Å². The van der Waals surface area contributed by atoms with Crippen LogP contribution < -0.4 is 9.64 Å². The maximum Gasteiger partial charge on any atom is 0.316 e. The Bertz CT molecular complexity index is 888. The third kappa shape index (κ3) is 4.36. The zero-order valence-electron chi connectivity index (χ0n) is 16.3. The summed E-state index contributed by atoms with van der Waals surface area (Å²) < 4.78 is 18.7. The molecule has 1 aromatic heterocycles. The van der Waals surface area contributed by atoms with Crippen LogP contribution in [0.2, 0.25) is 0 Å². The molecule has 3 heterocycles. The van der Waals surface area contributed by atoms with Gasteiger partial charge in [-0.1, -0.05) is 17.7 Å². The molecule has 0 aliphatic carbocycles. The van der Waals surface area contributed by atoms with Crippen LogP contribution in [0, 0.1) is 18.7 Å². The number of rotatable bonds is 4. The van der Waals surface area contributed by atoms with E-state index in [0.717, 1.165) is 36.5 Å². The first-order valence-electron chi connectivity index (χ1n) is 9.79. The summed E-state index contributed by atoms with van der Waals surface area (Å²) in [6, 6.07) is 7.84. The van der Waals surface area contributed by atoms with Gasteiger partial charge in [-0.2, -0.15) is 0 Å². The van der Waals surface area contributed by atoms with Crippen molar-refractivity contribution in [2.24, 2.45) is 5.92 Å². The van der Waals surface area contributed by atoms with E-state index < -0.39 is 5.82 Å². The second kappa shape index (κ2) is 8.14. The van der Waals surface area contributed by atoms with Gasteiger partial charge in [-0.15, -0.1) is 0 Å². The van der Waals surface area contributed by atoms with E-state index in [1.807, 2.05) is 31.2 Å². The Balaban J connectivity index is 1.38. The summed E-state index contributed by atoms with van der Waals surface area (Å²) in [5.74, 6) is -0.940. The van der Waals surface area contributed by atoms with Crippen LogP contribution in [0.5, 0.6) is 6.01 Å². The number of benzene rings is 1. The second-order valence-electron chi connectivity index (χ2n) is 7.59. The fourth-order valence-corrected chi connectivity index (χ4v) is 3.85. The van der Waals surface area contributed by atoms with Gasteiger partial charge in [0.05, 0.1) is 24.9 Å². The number of nitrogens with zero attached hydrogens (tertiary/aromatic N) is 4. The quantitative estimate of drug-likeness (QED) is 0.790. The van der Waals surface area contributed by atoms with E-state index in [1.165, 1.54) is 0 Å². The first-order valence-corrected chi connectivity index (χ1v) is 9.79. The van der Waals surface area contributed by atoms with Gasteiger partial charge >= 0.3 is 6.01 Å². The number of anilines is 1. The van der Waals surface area contributed by atoms with Crippen molar-refractivity contribution in [2.75, 3.05) is 24.5 Å². The van der Waals surface area contributed by atoms with Crippen LogP contribution in [0.1, 0.15) is 24.8 Å². The molecule has 0 bridgehead atoms. The molecule has 0 N–H and O–H groups in total. The zero-order valence-corrected chi connectivity index (χ0v) is 16.3. The minimum absolute atomic E-state index is 0.0266. The van der Waals surface area contributed by atoms with Gasteiger partial charge in [0, 0.05) is 25.2 Å². The highest BCUT2D eigenvalue weighted by Gasteiger charge is 2.38. The molecule has 2 amide bonds. The third-order valence-corrected chi connectivity index (χ3v) is 5.38. The number of carbonyl (C=O) groups excluding carboxylic acids is 2. The Kier molecular flexibility index (Phi) is 5.42. The molecule has 2 saturated heterocycles. The SMILES string of the molecule is Cc1ccc(N2CC(C(=O)N3CCCC(Oc4ncc(F)cn4)C3)CC2=O)cc1. The van der Waals surface area contributed by atoms with Crippen LogP contribution in [0.15, 0.2) is 36.7 Å². The molecule has 2 fully saturated rings. The lowest BCUT2D eigenvalue weighted by Crippen LogP contribution is -2.47. The fourth-order valence-electron chi connectivity index (χ4n) is 3.85. The monoisotopic (exact) mass is 398 g/mol. The first kappa shape index (κ1) is 19.3. The average molecular weight is 398 g/mol. The van der Waals surface area contributed by atoms with Crippen LogP contribution in [0.3, 0.4) is 0 Å². The summed E-state index contributed by atoms with van der Waals surface area (Å²) in [5, 5.41) is 0. The maximum absolute atomic E-state index is 13.0. The van der Waals surface area contributed by atoms with Crippen molar-refractivity contribution in [2.45, 2.75) is 32.3 Å². The molecule has 152 valence electrons. The molecule has 2 aliphatic rings. The number of piperidine rings is 1. The Morgan fingerprint density at radius 1 is 1.17 bits per heavy atom. The summed E-state index contributed by atoms with van der Waals surface area (Å²) in [7, 11) is 0. The molecule has 29 heavy (non-hydrogen) atoms. The topological polar surface area (TPSA) is 75.6 Å². The highest BCUT2D eigenvalue weighted by atomic mass is 19.1. The van der Waals surface area contributed by atoms with Gasteiger partial charge in [-0.3, -0.25) is 9.59 Å². The lowest BCUT2D eigenvalue weighted by Gasteiger charge is -2.33. The summed E-state index contributed by atoms with van der Waals surface area (Å²) in [6.45, 7) is 3.44. The van der Waals surface area contributed by atoms with Crippen molar-refractivity contribution in [1.82, 2.24) is 14.9 Å². The maximum atomic E-state index is 13.0. The van der Waals surface area contributed by atoms with Gasteiger partial charge in [0.15, 0.2) is 5.82 Å². The normalized spacial score (nSPS) is 22.1. The highest BCUT2D eigenvalue weighted by molar-refractivity contribution is 6.00. The number of amides is 2. The van der Waals surface area contributed by atoms with Crippen molar-refractivity contribution in [3.63, 3.8) is 0 Å². The van der Waals surface area contributed by atoms with Crippen molar-refractivity contribution in [3.8, 4) is 6.01 Å². The van der Waals surface area contributed by atoms with Gasteiger partial charge in [0.1, 0.15) is 6.10 Å². The molecule has 4 rings (SSSR count). The van der Waals surface area contributed by atoms with Crippen LogP contribution in [-0.2, 0) is 9.59 Å². The Hall–Kier alpha value is -3.03. The number of halogens is 1. The predicted octanol–water partition coefficient (Wildman–Crippen LogP) is 2.35. The van der Waals surface area contributed by atoms with Crippen molar-refractivity contribution >= 4 is 17.5 Å². The number of aryl methyl sites for hydroxylation is 1. The minimum Gasteiger partial charge on any atom is -0.458 e. The summed E-state index contributed by atoms with van der Waals surface area (Å²) in [6.07, 6.45) is 3.64. The lowest BCUT2D eigenvalue weighted by molar-refractivity contribution is -0.138. The van der Waals surface area contributed by atoms with Crippen molar-refractivity contribution in [3.05, 3.63) is 48.0 Å². The van der Waals surface area contributed by atoms with Gasteiger partial charge < -0.3 is 14.5 Å². The summed E-state index contributed by atoms with van der Waals surface area (Å²) in [5.41, 5.74) is 1.95. The van der Waals surface area contributed by atoms with Gasteiger partial charge in [-0.05, 0) is 31.9 Å². The summed E-state index contributed by atoms with van der Waals surface area (Å²) in [4.78, 5) is 36.6. The van der Waals surface area contributed by atoms with E-state index in [2.05, 4.69) is 9.97 Å². The largest absolute Gasteiger partial charge is 0.458 e. The van der Waals surface area contributed by atoms with E-state index >= 15 is 0 Å². The van der Waals surface area contributed by atoms with Crippen molar-refractivity contribution < 1.29 is 18.7 Å². The van der Waals surface area contributed by atoms with E-state index in [4.69, 9.17) is 4.74 Å². The molecular formula is C21H23FN4O3. The molecule has 2 aliphatic heterocycles. The molecule has 8 heteroatoms. The van der Waals surface area contributed by atoms with Gasteiger partial charge in [0.25, 0.3) is 0 Å². The number of ether oxygens (including phenoxy) is 1. The number of aromatic nitrogens is 2. The smallest absolute Gasteiger partial charge is 0.316 e. The van der Waals surface area contributed by atoms with Crippen LogP contribution in [0.25, 0.3) is 0 Å².